The van der Waals surface area contributed by atoms with Gasteiger partial charge in [0.25, 0.3) is 5.91 Å². The number of piperidine rings is 1. The molecule has 0 atom stereocenters. The van der Waals surface area contributed by atoms with Crippen molar-refractivity contribution >= 4 is 28.3 Å². The van der Waals surface area contributed by atoms with E-state index >= 15 is 0 Å². The Hall–Kier alpha value is -4.26. The molecule has 3 aromatic carbocycles. The molecule has 1 aromatic heterocycles. The van der Waals surface area contributed by atoms with Gasteiger partial charge in [-0.25, -0.2) is 9.37 Å². The first-order valence-electron chi connectivity index (χ1n) is 11.5. The van der Waals surface area contributed by atoms with E-state index in [1.54, 1.807) is 12.1 Å². The van der Waals surface area contributed by atoms with Gasteiger partial charge in [0.1, 0.15) is 11.6 Å². The van der Waals surface area contributed by atoms with Gasteiger partial charge >= 0.3 is 0 Å². The monoisotopic (exact) mass is 469 g/mol. The number of carbonyl (C=O) groups excluding carboxylic acids is 2. The van der Waals surface area contributed by atoms with Crippen molar-refractivity contribution in [2.45, 2.75) is 12.8 Å². The van der Waals surface area contributed by atoms with Crippen LogP contribution >= 0.6 is 0 Å². The Morgan fingerprint density at radius 3 is 2.40 bits per heavy atom. The number of halogens is 1. The van der Waals surface area contributed by atoms with Gasteiger partial charge in [0.15, 0.2) is 0 Å². The van der Waals surface area contributed by atoms with Crippen LogP contribution in [0.5, 0.6) is 11.6 Å². The number of ether oxygens (including phenoxy) is 1. The van der Waals surface area contributed by atoms with Crippen molar-refractivity contribution in [3.63, 3.8) is 0 Å². The number of carbonyl (C=O) groups is 2. The minimum atomic E-state index is -0.341. The topological polar surface area (TPSA) is 71.5 Å². The number of nitrogens with zero attached hydrogens (tertiary/aromatic N) is 2. The molecule has 0 radical (unpaired) electrons. The maximum atomic E-state index is 13.1. The highest BCUT2D eigenvalue weighted by molar-refractivity contribution is 6.07. The molecule has 1 aliphatic heterocycles. The molecule has 4 aromatic rings. The third-order valence-corrected chi connectivity index (χ3v) is 6.21. The van der Waals surface area contributed by atoms with Crippen LogP contribution in [-0.4, -0.2) is 34.8 Å². The second-order valence-corrected chi connectivity index (χ2v) is 8.52. The van der Waals surface area contributed by atoms with Crippen LogP contribution in [0, 0.1) is 11.7 Å². The second-order valence-electron chi connectivity index (χ2n) is 8.52. The van der Waals surface area contributed by atoms with E-state index in [0.29, 0.717) is 48.8 Å². The fourth-order valence-electron chi connectivity index (χ4n) is 4.31. The zero-order valence-electron chi connectivity index (χ0n) is 19.0. The quantitative estimate of drug-likeness (QED) is 0.410. The van der Waals surface area contributed by atoms with E-state index < -0.39 is 0 Å². The van der Waals surface area contributed by atoms with Crippen molar-refractivity contribution in [2.24, 2.45) is 5.92 Å². The summed E-state index contributed by atoms with van der Waals surface area (Å²) in [6.45, 7) is 1.06. The zero-order chi connectivity index (χ0) is 24.2. The molecule has 6 nitrogen and oxygen atoms in total. The van der Waals surface area contributed by atoms with Crippen LogP contribution in [0.1, 0.15) is 23.2 Å². The Bertz CT molecular complexity index is 1340. The first kappa shape index (κ1) is 22.5. The van der Waals surface area contributed by atoms with Gasteiger partial charge in [0.2, 0.25) is 11.8 Å². The molecule has 1 aliphatic rings. The summed E-state index contributed by atoms with van der Waals surface area (Å²) in [6, 6.07) is 22.6. The number of hydrogen-bond acceptors (Lipinski definition) is 4. The molecule has 0 unspecified atom stereocenters. The maximum absolute atomic E-state index is 13.1. The number of likely N-dealkylation sites (tertiary alicyclic amines) is 1. The molecule has 2 amide bonds. The molecule has 1 N–H and O–H groups in total. The number of benzene rings is 3. The van der Waals surface area contributed by atoms with Crippen molar-refractivity contribution in [3.05, 3.63) is 96.4 Å². The first-order chi connectivity index (χ1) is 17.1. The predicted octanol–water partition coefficient (Wildman–Crippen LogP) is 5.66. The van der Waals surface area contributed by atoms with Crippen molar-refractivity contribution in [1.82, 2.24) is 9.88 Å². The summed E-state index contributed by atoms with van der Waals surface area (Å²) >= 11 is 0. The second kappa shape index (κ2) is 9.93. The number of anilines is 1. The third-order valence-electron chi connectivity index (χ3n) is 6.21. The molecular weight excluding hydrogens is 445 g/mol. The lowest BCUT2D eigenvalue weighted by Crippen LogP contribution is -2.41. The van der Waals surface area contributed by atoms with Crippen LogP contribution in [-0.2, 0) is 4.79 Å². The lowest BCUT2D eigenvalue weighted by atomic mass is 9.94. The van der Waals surface area contributed by atoms with E-state index in [2.05, 4.69) is 10.3 Å². The number of pyridine rings is 1. The number of aromatic nitrogens is 1. The van der Waals surface area contributed by atoms with Crippen molar-refractivity contribution in [1.29, 1.82) is 0 Å². The predicted molar refractivity (Wildman–Crippen MR) is 132 cm³/mol. The fraction of sp³-hybridized carbons (Fsp3) is 0.179. The lowest BCUT2D eigenvalue weighted by Gasteiger charge is -2.31. The summed E-state index contributed by atoms with van der Waals surface area (Å²) < 4.78 is 18.6. The molecular formula is C28H24FN3O3. The molecule has 0 aliphatic carbocycles. The molecule has 0 spiro atoms. The van der Waals surface area contributed by atoms with Gasteiger partial charge in [-0.2, -0.15) is 0 Å². The SMILES string of the molecule is O=C(Nc1ccc(Oc2ccc(F)cc2)nc1)C1CCN(C(=O)c2cccc3ccccc23)CC1. The van der Waals surface area contributed by atoms with Gasteiger partial charge in [0.05, 0.1) is 11.9 Å². The highest BCUT2D eigenvalue weighted by Crippen LogP contribution is 2.25. The normalized spacial score (nSPS) is 14.0. The maximum Gasteiger partial charge on any atom is 0.254 e. The summed E-state index contributed by atoms with van der Waals surface area (Å²) in [5.74, 6) is 0.210. The summed E-state index contributed by atoms with van der Waals surface area (Å²) in [6.07, 6.45) is 2.72. The molecule has 0 saturated carbocycles. The zero-order valence-corrected chi connectivity index (χ0v) is 19.0. The molecule has 176 valence electrons. The Kier molecular flexibility index (Phi) is 6.39. The van der Waals surface area contributed by atoms with Gasteiger partial charge in [-0.1, -0.05) is 36.4 Å². The molecule has 1 fully saturated rings. The number of hydrogen-bond donors (Lipinski definition) is 1. The molecule has 7 heteroatoms. The molecule has 2 heterocycles. The average molecular weight is 470 g/mol. The largest absolute Gasteiger partial charge is 0.439 e. The number of fused-ring (bicyclic) bond motifs is 1. The fourth-order valence-corrected chi connectivity index (χ4v) is 4.31. The minimum Gasteiger partial charge on any atom is -0.439 e. The standard InChI is InChI=1S/C28H24FN3O3/c29-21-8-11-23(12-9-21)35-26-13-10-22(18-30-26)31-27(33)20-14-16-32(17-15-20)28(34)25-7-3-5-19-4-1-2-6-24(19)25/h1-13,18,20H,14-17H2,(H,31,33). The van der Waals surface area contributed by atoms with Gasteiger partial charge in [0, 0.05) is 30.6 Å². The van der Waals surface area contributed by atoms with E-state index in [9.17, 15) is 14.0 Å². The van der Waals surface area contributed by atoms with Crippen molar-refractivity contribution in [2.75, 3.05) is 18.4 Å². The Balaban J connectivity index is 1.16. The highest BCUT2D eigenvalue weighted by atomic mass is 19.1. The lowest BCUT2D eigenvalue weighted by molar-refractivity contribution is -0.121. The summed E-state index contributed by atoms with van der Waals surface area (Å²) in [5, 5.41) is 4.88. The van der Waals surface area contributed by atoms with Gasteiger partial charge < -0.3 is 15.0 Å². The Morgan fingerprint density at radius 1 is 0.914 bits per heavy atom. The molecule has 0 bridgehead atoms. The van der Waals surface area contributed by atoms with Gasteiger partial charge in [-0.3, -0.25) is 9.59 Å². The summed E-state index contributed by atoms with van der Waals surface area (Å²) in [7, 11) is 0. The van der Waals surface area contributed by atoms with Gasteiger partial charge in [-0.05, 0) is 60.0 Å². The molecule has 1 saturated heterocycles. The summed E-state index contributed by atoms with van der Waals surface area (Å²) in [5.41, 5.74) is 1.26. The van der Waals surface area contributed by atoms with Crippen LogP contribution in [0.15, 0.2) is 85.1 Å². The van der Waals surface area contributed by atoms with E-state index in [1.165, 1.54) is 30.5 Å². The van der Waals surface area contributed by atoms with Crippen LogP contribution < -0.4 is 10.1 Å². The molecule has 5 rings (SSSR count). The van der Waals surface area contributed by atoms with Crippen LogP contribution in [0.3, 0.4) is 0 Å². The van der Waals surface area contributed by atoms with Crippen molar-refractivity contribution in [3.8, 4) is 11.6 Å². The van der Waals surface area contributed by atoms with Crippen LogP contribution in [0.2, 0.25) is 0 Å². The van der Waals surface area contributed by atoms with Crippen LogP contribution in [0.4, 0.5) is 10.1 Å². The summed E-state index contributed by atoms with van der Waals surface area (Å²) in [4.78, 5) is 32.0. The number of rotatable bonds is 5. The molecule has 35 heavy (non-hydrogen) atoms. The van der Waals surface area contributed by atoms with E-state index in [0.717, 1.165) is 10.8 Å². The number of amides is 2. The first-order valence-corrected chi connectivity index (χ1v) is 11.5. The Labute approximate surface area is 202 Å². The van der Waals surface area contributed by atoms with Gasteiger partial charge in [-0.15, -0.1) is 0 Å². The van der Waals surface area contributed by atoms with E-state index in [-0.39, 0.29) is 23.5 Å². The van der Waals surface area contributed by atoms with Crippen molar-refractivity contribution < 1.29 is 18.7 Å². The number of nitrogens with one attached hydrogen (secondary N) is 1. The minimum absolute atomic E-state index is 0.00148. The average Bonchev–Trinajstić information content (AvgIpc) is 2.90. The smallest absolute Gasteiger partial charge is 0.254 e. The van der Waals surface area contributed by atoms with E-state index in [1.807, 2.05) is 47.4 Å². The third kappa shape index (κ3) is 5.14. The van der Waals surface area contributed by atoms with Crippen LogP contribution in [0.25, 0.3) is 10.8 Å². The Morgan fingerprint density at radius 2 is 1.66 bits per heavy atom. The highest BCUT2D eigenvalue weighted by Gasteiger charge is 2.28. The van der Waals surface area contributed by atoms with E-state index in [4.69, 9.17) is 4.74 Å².